The lowest BCUT2D eigenvalue weighted by molar-refractivity contribution is -0.870. The van der Waals surface area contributed by atoms with Crippen LogP contribution < -0.4 is 0 Å². The van der Waals surface area contributed by atoms with E-state index in [9.17, 15) is 4.57 Å². The summed E-state index contributed by atoms with van der Waals surface area (Å²) in [5.41, 5.74) is 0. The van der Waals surface area contributed by atoms with Crippen molar-refractivity contribution in [3.8, 4) is 0 Å². The topological polar surface area (TPSA) is 44.8 Å². The lowest BCUT2D eigenvalue weighted by Gasteiger charge is -2.24. The molecule has 16 heavy (non-hydrogen) atoms. The predicted molar refractivity (Wildman–Crippen MR) is 64.3 cm³/mol. The van der Waals surface area contributed by atoms with Crippen LogP contribution in [0.2, 0.25) is 0 Å². The van der Waals surface area contributed by atoms with Gasteiger partial charge in [-0.2, -0.15) is 0 Å². The zero-order valence-electron chi connectivity index (χ0n) is 11.1. The Morgan fingerprint density at radius 2 is 1.69 bits per heavy atom. The Balaban J connectivity index is 3.92. The molecule has 0 aromatic rings. The highest BCUT2D eigenvalue weighted by Gasteiger charge is 2.25. The molecule has 0 heterocycles. The first-order chi connectivity index (χ1) is 7.33. The third-order valence-electron chi connectivity index (χ3n) is 1.98. The van der Waals surface area contributed by atoms with Gasteiger partial charge in [-0.15, -0.1) is 0 Å². The smallest absolute Gasteiger partial charge is 0.329 e. The number of hydrogen-bond donors (Lipinski definition) is 0. The molecule has 1 atom stereocenters. The van der Waals surface area contributed by atoms with Crippen LogP contribution in [0.5, 0.6) is 0 Å². The first-order valence-corrected chi connectivity index (χ1v) is 7.04. The second-order valence-electron chi connectivity index (χ2n) is 4.66. The van der Waals surface area contributed by atoms with Crippen molar-refractivity contribution >= 4 is 7.82 Å². The molecule has 1 unspecified atom stereocenters. The maximum atomic E-state index is 11.9. The van der Waals surface area contributed by atoms with E-state index in [0.717, 1.165) is 23.9 Å². The van der Waals surface area contributed by atoms with Gasteiger partial charge in [0.15, 0.2) is 0 Å². The quantitative estimate of drug-likeness (QED) is 0.360. The number of phosphoric ester groups is 1. The molecule has 0 fully saturated rings. The van der Waals surface area contributed by atoms with E-state index in [1.165, 1.54) is 7.11 Å². The Hall–Kier alpha value is 0.0700. The Kier molecular flexibility index (Phi) is 7.44. The van der Waals surface area contributed by atoms with E-state index >= 15 is 0 Å². The highest BCUT2D eigenvalue weighted by molar-refractivity contribution is 7.48. The normalized spacial score (nSPS) is 16.1. The van der Waals surface area contributed by atoms with Gasteiger partial charge in [0.05, 0.1) is 27.7 Å². The van der Waals surface area contributed by atoms with Crippen molar-refractivity contribution in [1.29, 1.82) is 0 Å². The summed E-state index contributed by atoms with van der Waals surface area (Å²) < 4.78 is 27.8. The molecule has 0 aliphatic heterocycles. The van der Waals surface area contributed by atoms with Crippen LogP contribution in [0.15, 0.2) is 0 Å². The van der Waals surface area contributed by atoms with E-state index in [1.807, 2.05) is 28.1 Å². The molecule has 0 aliphatic carbocycles. The van der Waals surface area contributed by atoms with Crippen molar-refractivity contribution in [2.24, 2.45) is 0 Å². The predicted octanol–water partition coefficient (Wildman–Crippen LogP) is 2.28. The Bertz CT molecular complexity index is 227. The molecule has 0 spiro atoms. The van der Waals surface area contributed by atoms with Crippen molar-refractivity contribution in [1.82, 2.24) is 0 Å². The zero-order valence-corrected chi connectivity index (χ0v) is 12.0. The van der Waals surface area contributed by atoms with Crippen molar-refractivity contribution in [2.45, 2.75) is 19.8 Å². The van der Waals surface area contributed by atoms with Crippen LogP contribution in [-0.4, -0.2) is 52.5 Å². The van der Waals surface area contributed by atoms with Crippen LogP contribution in [0, 0.1) is 0 Å². The molecule has 98 valence electrons. The first-order valence-electron chi connectivity index (χ1n) is 5.58. The van der Waals surface area contributed by atoms with E-state index in [0.29, 0.717) is 13.2 Å². The molecule has 0 saturated carbocycles. The minimum Gasteiger partial charge on any atom is -0.329 e. The molecule has 6 heteroatoms. The number of likely N-dealkylation sites (N-methyl/N-ethyl adjacent to an activating group) is 1. The second-order valence-corrected chi connectivity index (χ2v) is 6.44. The molecule has 0 aliphatic rings. The monoisotopic (exact) mass is 254 g/mol. The van der Waals surface area contributed by atoms with Gasteiger partial charge >= 0.3 is 7.82 Å². The fourth-order valence-corrected chi connectivity index (χ4v) is 1.83. The van der Waals surface area contributed by atoms with Crippen LogP contribution >= 0.6 is 7.82 Å². The number of phosphoric acid groups is 1. The largest absolute Gasteiger partial charge is 0.474 e. The highest BCUT2D eigenvalue weighted by Crippen LogP contribution is 2.48. The van der Waals surface area contributed by atoms with Crippen molar-refractivity contribution in [2.75, 3.05) is 48.0 Å². The molecule has 5 nitrogen and oxygen atoms in total. The average Bonchev–Trinajstić information content (AvgIpc) is 2.16. The van der Waals surface area contributed by atoms with Gasteiger partial charge in [-0.1, -0.05) is 13.3 Å². The lowest BCUT2D eigenvalue weighted by atomic mass is 10.4. The number of unbranched alkanes of at least 4 members (excludes halogenated alkanes) is 1. The molecule has 0 saturated heterocycles. The number of rotatable bonds is 9. The van der Waals surface area contributed by atoms with Gasteiger partial charge in [0, 0.05) is 7.11 Å². The molecular weight excluding hydrogens is 229 g/mol. The van der Waals surface area contributed by atoms with E-state index in [4.69, 9.17) is 13.6 Å². The minimum absolute atomic E-state index is 0.362. The third kappa shape index (κ3) is 8.25. The Morgan fingerprint density at radius 1 is 1.12 bits per heavy atom. The van der Waals surface area contributed by atoms with Gasteiger partial charge in [-0.05, 0) is 6.42 Å². The molecule has 0 bridgehead atoms. The van der Waals surface area contributed by atoms with E-state index < -0.39 is 7.82 Å². The van der Waals surface area contributed by atoms with Gasteiger partial charge in [0.25, 0.3) is 0 Å². The summed E-state index contributed by atoms with van der Waals surface area (Å²) in [5.74, 6) is 0. The van der Waals surface area contributed by atoms with Crippen molar-refractivity contribution in [3.63, 3.8) is 0 Å². The van der Waals surface area contributed by atoms with Crippen LogP contribution in [0.3, 0.4) is 0 Å². The van der Waals surface area contributed by atoms with Crippen molar-refractivity contribution in [3.05, 3.63) is 0 Å². The second kappa shape index (κ2) is 7.41. The summed E-state index contributed by atoms with van der Waals surface area (Å²) in [4.78, 5) is 0. The Labute approximate surface area is 98.9 Å². The summed E-state index contributed by atoms with van der Waals surface area (Å²) in [6, 6.07) is 0. The maximum Gasteiger partial charge on any atom is 0.474 e. The van der Waals surface area contributed by atoms with Crippen LogP contribution in [0.4, 0.5) is 0 Å². The molecule has 0 radical (unpaired) electrons. The number of quaternary nitrogens is 1. The van der Waals surface area contributed by atoms with Crippen LogP contribution in [-0.2, 0) is 18.1 Å². The molecule has 0 amide bonds. The summed E-state index contributed by atoms with van der Waals surface area (Å²) >= 11 is 0. The van der Waals surface area contributed by atoms with Gasteiger partial charge in [-0.25, -0.2) is 4.57 Å². The van der Waals surface area contributed by atoms with Crippen molar-refractivity contribution < 1.29 is 22.6 Å². The fraction of sp³-hybridized carbons (Fsp3) is 1.00. The average molecular weight is 254 g/mol. The summed E-state index contributed by atoms with van der Waals surface area (Å²) in [6.07, 6.45) is 1.84. The fourth-order valence-electron chi connectivity index (χ4n) is 0.890. The van der Waals surface area contributed by atoms with E-state index in [2.05, 4.69) is 0 Å². The summed E-state index contributed by atoms with van der Waals surface area (Å²) in [5, 5.41) is 0. The summed E-state index contributed by atoms with van der Waals surface area (Å²) in [6.45, 7) is 3.57. The standard InChI is InChI=1S/C10H25NO4P/c1-6-7-9-14-16(12,13-5)15-10-8-11(2,3)4/h6-10H2,1-5H3/q+1. The molecule has 0 rings (SSSR count). The third-order valence-corrected chi connectivity index (χ3v) is 3.43. The SMILES string of the molecule is CCCCOP(=O)(OC)OCC[N+](C)(C)C. The maximum absolute atomic E-state index is 11.9. The zero-order chi connectivity index (χ0) is 12.7. The lowest BCUT2D eigenvalue weighted by Crippen LogP contribution is -2.37. The molecule has 0 aromatic carbocycles. The number of nitrogens with zero attached hydrogens (tertiary/aromatic N) is 1. The van der Waals surface area contributed by atoms with E-state index in [1.54, 1.807) is 0 Å². The van der Waals surface area contributed by atoms with Gasteiger partial charge in [0.1, 0.15) is 13.2 Å². The minimum atomic E-state index is -3.33. The van der Waals surface area contributed by atoms with Gasteiger partial charge in [-0.3, -0.25) is 13.6 Å². The molecular formula is C10H25NO4P+. The molecule has 0 aromatic heterocycles. The highest BCUT2D eigenvalue weighted by atomic mass is 31.2. The van der Waals surface area contributed by atoms with Crippen LogP contribution in [0.1, 0.15) is 19.8 Å². The Morgan fingerprint density at radius 3 is 2.12 bits per heavy atom. The van der Waals surface area contributed by atoms with E-state index in [-0.39, 0.29) is 0 Å². The van der Waals surface area contributed by atoms with Gasteiger partial charge in [0.2, 0.25) is 0 Å². The van der Waals surface area contributed by atoms with Crippen LogP contribution in [0.25, 0.3) is 0 Å². The molecule has 0 N–H and O–H groups in total. The number of hydrogen-bond acceptors (Lipinski definition) is 4. The van der Waals surface area contributed by atoms with Gasteiger partial charge < -0.3 is 4.48 Å². The first kappa shape index (κ1) is 16.1. The summed E-state index contributed by atoms with van der Waals surface area (Å²) in [7, 11) is 4.14.